The van der Waals surface area contributed by atoms with Gasteiger partial charge in [0.15, 0.2) is 0 Å². The van der Waals surface area contributed by atoms with Crippen molar-refractivity contribution in [2.24, 2.45) is 0 Å². The number of aromatic nitrogens is 2. The lowest BCUT2D eigenvalue weighted by atomic mass is 9.94. The Morgan fingerprint density at radius 1 is 1.21 bits per heavy atom. The van der Waals surface area contributed by atoms with Crippen LogP contribution in [0.15, 0.2) is 36.1 Å². The summed E-state index contributed by atoms with van der Waals surface area (Å²) in [5.41, 5.74) is 2.06. The molecule has 1 aromatic carbocycles. The van der Waals surface area contributed by atoms with Crippen LogP contribution in [0.2, 0.25) is 0 Å². The molecule has 184 valence electrons. The summed E-state index contributed by atoms with van der Waals surface area (Å²) in [4.78, 5) is 32.6. The zero-order chi connectivity index (χ0) is 25.6. The van der Waals surface area contributed by atoms with Gasteiger partial charge in [-0.25, -0.2) is 31.9 Å². The molecule has 9 nitrogen and oxygen atoms in total. The highest BCUT2D eigenvalue weighted by molar-refractivity contribution is 7.92. The number of allylic oxidation sites excluding steroid dienone is 1. The summed E-state index contributed by atoms with van der Waals surface area (Å²) in [7, 11) is -1.15. The first kappa shape index (κ1) is 26.9. The van der Waals surface area contributed by atoms with Gasteiger partial charge in [-0.1, -0.05) is 13.8 Å². The molecule has 0 bridgehead atoms. The third kappa shape index (κ3) is 7.08. The number of methoxy groups -OCH3 is 1. The van der Waals surface area contributed by atoms with Crippen LogP contribution in [0.3, 0.4) is 0 Å². The maximum Gasteiger partial charge on any atom is 0.333 e. The predicted molar refractivity (Wildman–Crippen MR) is 125 cm³/mol. The average Bonchev–Trinajstić information content (AvgIpc) is 2.76. The number of hydrogen-bond donors (Lipinski definition) is 1. The lowest BCUT2D eigenvalue weighted by molar-refractivity contribution is -0.135. The normalized spacial score (nSPS) is 12.0. The number of rotatable bonds is 10. The van der Waals surface area contributed by atoms with Crippen LogP contribution in [-0.2, 0) is 30.8 Å². The molecule has 11 heteroatoms. The number of esters is 1. The van der Waals surface area contributed by atoms with Crippen LogP contribution in [0.4, 0.5) is 10.3 Å². The predicted octanol–water partition coefficient (Wildman–Crippen LogP) is 3.31. The number of halogens is 1. The molecule has 34 heavy (non-hydrogen) atoms. The van der Waals surface area contributed by atoms with Crippen LogP contribution in [0.1, 0.15) is 43.9 Å². The molecular weight excluding hydrogens is 465 g/mol. The number of aliphatic hydroxyl groups excluding tert-OH is 1. The van der Waals surface area contributed by atoms with Gasteiger partial charge in [-0.15, -0.1) is 0 Å². The Morgan fingerprint density at radius 2 is 1.82 bits per heavy atom. The van der Waals surface area contributed by atoms with Crippen LogP contribution in [0.5, 0.6) is 0 Å². The second-order valence-electron chi connectivity index (χ2n) is 8.00. The second-order valence-corrected chi connectivity index (χ2v) is 10.0. The van der Waals surface area contributed by atoms with E-state index in [0.717, 1.165) is 23.7 Å². The van der Waals surface area contributed by atoms with E-state index in [0.29, 0.717) is 22.5 Å². The molecule has 2 rings (SSSR count). The maximum atomic E-state index is 13.5. The molecule has 0 aliphatic heterocycles. The van der Waals surface area contributed by atoms with Gasteiger partial charge in [-0.05, 0) is 36.6 Å². The van der Waals surface area contributed by atoms with Gasteiger partial charge in [-0.2, -0.15) is 0 Å². The number of anilines is 1. The maximum absolute atomic E-state index is 13.5. The summed E-state index contributed by atoms with van der Waals surface area (Å²) < 4.78 is 43.1. The molecule has 0 fully saturated rings. The highest BCUT2D eigenvalue weighted by Gasteiger charge is 2.23. The minimum Gasteiger partial charge on any atom is -0.512 e. The molecule has 0 atom stereocenters. The van der Waals surface area contributed by atoms with Gasteiger partial charge in [0.25, 0.3) is 0 Å². The van der Waals surface area contributed by atoms with Crippen molar-refractivity contribution in [3.8, 4) is 11.3 Å². The zero-order valence-electron chi connectivity index (χ0n) is 19.7. The first-order valence-corrected chi connectivity index (χ1v) is 12.3. The molecule has 2 aromatic rings. The van der Waals surface area contributed by atoms with Crippen molar-refractivity contribution in [1.29, 1.82) is 0 Å². The Hall–Kier alpha value is -3.34. The van der Waals surface area contributed by atoms with E-state index < -0.39 is 27.6 Å². The molecule has 1 N–H and O–H groups in total. The minimum absolute atomic E-state index is 0.00237. The number of sulfonamides is 1. The summed E-state index contributed by atoms with van der Waals surface area (Å²) in [5.74, 6) is -2.16. The summed E-state index contributed by atoms with van der Waals surface area (Å²) in [6.45, 7) is 3.74. The molecule has 0 aliphatic rings. The number of aliphatic hydroxyl groups is 1. The lowest BCUT2D eigenvalue weighted by Gasteiger charge is -2.21. The Kier molecular flexibility index (Phi) is 8.86. The number of nitrogens with zero attached hydrogens (tertiary/aromatic N) is 3. The number of Topliss-reactive ketones (excluding diaryl/α,β-unsaturated/α-hetero) is 1. The van der Waals surface area contributed by atoms with E-state index in [-0.39, 0.29) is 36.9 Å². The Bertz CT molecular complexity index is 1190. The fourth-order valence-electron chi connectivity index (χ4n) is 3.15. The highest BCUT2D eigenvalue weighted by Crippen LogP contribution is 2.31. The molecule has 0 saturated carbocycles. The van der Waals surface area contributed by atoms with E-state index in [2.05, 4.69) is 14.7 Å². The zero-order valence-corrected chi connectivity index (χ0v) is 20.5. The molecular formula is C23H28FN3O6S. The smallest absolute Gasteiger partial charge is 0.333 e. The SMILES string of the molecule is COC(=O)C=C(O)CC(=O)CCc1c(-c2ccc(F)cc2)nc(N(C)S(C)(=O)=O)nc1C(C)C. The Balaban J connectivity index is 2.52. The van der Waals surface area contributed by atoms with Gasteiger partial charge in [0.1, 0.15) is 17.4 Å². The summed E-state index contributed by atoms with van der Waals surface area (Å²) in [5, 5.41) is 9.81. The Morgan fingerprint density at radius 3 is 2.35 bits per heavy atom. The number of hydrogen-bond acceptors (Lipinski definition) is 8. The monoisotopic (exact) mass is 493 g/mol. The van der Waals surface area contributed by atoms with Crippen LogP contribution in [0, 0.1) is 5.82 Å². The molecule has 1 aromatic heterocycles. The van der Waals surface area contributed by atoms with Crippen molar-refractivity contribution in [1.82, 2.24) is 9.97 Å². The molecule has 1 heterocycles. The number of benzene rings is 1. The third-order valence-corrected chi connectivity index (χ3v) is 6.15. The Labute approximate surface area is 198 Å². The van der Waals surface area contributed by atoms with Crippen LogP contribution in [-0.4, -0.2) is 55.7 Å². The molecule has 0 saturated heterocycles. The van der Waals surface area contributed by atoms with Gasteiger partial charge >= 0.3 is 5.97 Å². The van der Waals surface area contributed by atoms with Crippen molar-refractivity contribution in [2.45, 2.75) is 39.0 Å². The van der Waals surface area contributed by atoms with Crippen molar-refractivity contribution < 1.29 is 32.2 Å². The summed E-state index contributed by atoms with van der Waals surface area (Å²) in [6, 6.07) is 5.55. The fourth-order valence-corrected chi connectivity index (χ4v) is 3.53. The van der Waals surface area contributed by atoms with E-state index in [1.54, 1.807) is 0 Å². The first-order valence-electron chi connectivity index (χ1n) is 10.4. The van der Waals surface area contributed by atoms with Crippen LogP contribution >= 0.6 is 0 Å². The highest BCUT2D eigenvalue weighted by atomic mass is 32.2. The van der Waals surface area contributed by atoms with Crippen molar-refractivity contribution in [3.05, 3.63) is 53.2 Å². The largest absolute Gasteiger partial charge is 0.512 e. The van der Waals surface area contributed by atoms with Crippen molar-refractivity contribution in [2.75, 3.05) is 24.7 Å². The van der Waals surface area contributed by atoms with E-state index in [4.69, 9.17) is 0 Å². The van der Waals surface area contributed by atoms with E-state index in [9.17, 15) is 27.5 Å². The molecule has 0 amide bonds. The topological polar surface area (TPSA) is 127 Å². The van der Waals surface area contributed by atoms with E-state index >= 15 is 0 Å². The number of carbonyl (C=O) groups is 2. The fraction of sp³-hybridized carbons (Fsp3) is 0.391. The summed E-state index contributed by atoms with van der Waals surface area (Å²) >= 11 is 0. The molecule has 0 spiro atoms. The van der Waals surface area contributed by atoms with E-state index in [1.165, 1.54) is 31.3 Å². The molecule has 0 aliphatic carbocycles. The van der Waals surface area contributed by atoms with Gasteiger partial charge < -0.3 is 9.84 Å². The third-order valence-electron chi connectivity index (χ3n) is 4.99. The van der Waals surface area contributed by atoms with E-state index in [1.807, 2.05) is 13.8 Å². The average molecular weight is 494 g/mol. The first-order chi connectivity index (χ1) is 15.8. The lowest BCUT2D eigenvalue weighted by Crippen LogP contribution is -2.28. The minimum atomic E-state index is -3.65. The summed E-state index contributed by atoms with van der Waals surface area (Å²) in [6.07, 6.45) is 1.70. The number of ketones is 1. The quantitative estimate of drug-likeness (QED) is 0.303. The van der Waals surface area contributed by atoms with Gasteiger partial charge in [0, 0.05) is 24.6 Å². The molecule has 0 radical (unpaired) electrons. The second kappa shape index (κ2) is 11.2. The number of carbonyl (C=O) groups excluding carboxylic acids is 2. The van der Waals surface area contributed by atoms with Gasteiger partial charge in [-0.3, -0.25) is 4.79 Å². The van der Waals surface area contributed by atoms with Crippen molar-refractivity contribution >= 4 is 27.7 Å². The van der Waals surface area contributed by atoms with Gasteiger partial charge in [0.05, 0.1) is 37.3 Å². The van der Waals surface area contributed by atoms with Gasteiger partial charge in [0.2, 0.25) is 16.0 Å². The van der Waals surface area contributed by atoms with Crippen molar-refractivity contribution in [3.63, 3.8) is 0 Å². The molecule has 0 unspecified atom stereocenters. The standard InChI is InChI=1S/C23H28FN3O6S/c1-14(2)21-19(11-10-17(28)12-18(29)13-20(30)33-4)22(15-6-8-16(24)9-7-15)26-23(25-21)27(3)34(5,31)32/h6-9,13-14,29H,10-12H2,1-5H3. The van der Waals surface area contributed by atoms with Crippen LogP contribution in [0.25, 0.3) is 11.3 Å². The van der Waals surface area contributed by atoms with Crippen LogP contribution < -0.4 is 4.31 Å². The number of ether oxygens (including phenoxy) is 1.